The minimum atomic E-state index is -5.03. The quantitative estimate of drug-likeness (QED) is 0.513. The van der Waals surface area contributed by atoms with E-state index in [0.29, 0.717) is 30.3 Å². The average molecular weight is 556 g/mol. The molecule has 0 unspecified atom stereocenters. The van der Waals surface area contributed by atoms with Crippen LogP contribution in [0, 0.1) is 6.92 Å². The van der Waals surface area contributed by atoms with Gasteiger partial charge in [0.1, 0.15) is 17.4 Å². The first-order valence-corrected chi connectivity index (χ1v) is 12.0. The molecule has 1 amide bonds. The summed E-state index contributed by atoms with van der Waals surface area (Å²) in [6.07, 6.45) is -13.0. The van der Waals surface area contributed by atoms with Crippen LogP contribution in [0.2, 0.25) is 0 Å². The molecule has 0 saturated heterocycles. The fourth-order valence-electron chi connectivity index (χ4n) is 3.85. The molecule has 2 aromatic rings. The minimum Gasteiger partial charge on any atom is -0.484 e. The number of carboxylic acid groups (broad SMARTS) is 1. The zero-order valence-electron chi connectivity index (χ0n) is 19.6. The predicted molar refractivity (Wildman–Crippen MR) is 119 cm³/mol. The minimum absolute atomic E-state index is 0.0236. The Labute approximate surface area is 207 Å². The second kappa shape index (κ2) is 9.28. The number of rotatable bonds is 5. The number of anilines is 2. The van der Waals surface area contributed by atoms with E-state index in [1.54, 1.807) is 0 Å². The lowest BCUT2D eigenvalue weighted by Crippen LogP contribution is -2.57. The summed E-state index contributed by atoms with van der Waals surface area (Å²) in [6, 6.07) is 4.87. The first-order valence-electron chi connectivity index (χ1n) is 10.5. The van der Waals surface area contributed by atoms with Crippen LogP contribution >= 0.6 is 0 Å². The zero-order valence-corrected chi connectivity index (χ0v) is 20.4. The Morgan fingerprint density at radius 3 is 2.27 bits per heavy atom. The third kappa shape index (κ3) is 5.01. The largest absolute Gasteiger partial charge is 0.484 e. The van der Waals surface area contributed by atoms with E-state index in [0.717, 1.165) is 31.2 Å². The first-order chi connectivity index (χ1) is 16.8. The maximum Gasteiger partial charge on any atom is 0.416 e. The fraction of sp³-hybridized carbons (Fsp3) is 0.409. The molecule has 204 valence electrons. The molecule has 2 aromatic carbocycles. The molecule has 3 rings (SSSR count). The number of alkyl halides is 6. The standard InChI is InChI=1S/C22H22F6N2O6S/c1-12-16(30(19(32)33)20(2,3)22(26,27)28)7-8-17-18(12)29(10-14(11-31)36-17)37(34,35)15-6-4-5-13(9-15)21(23,24)25/h4-9,14,31H,10-11H2,1-3H3,(H,32,33)/t14-/m1/s1. The summed E-state index contributed by atoms with van der Waals surface area (Å²) in [4.78, 5) is 11.2. The molecule has 15 heteroatoms. The van der Waals surface area contributed by atoms with Gasteiger partial charge in [-0.3, -0.25) is 9.21 Å². The Morgan fingerprint density at radius 1 is 1.14 bits per heavy atom. The zero-order chi connectivity index (χ0) is 28.1. The molecule has 0 aromatic heterocycles. The fourth-order valence-corrected chi connectivity index (χ4v) is 5.46. The topological polar surface area (TPSA) is 107 Å². The molecule has 37 heavy (non-hydrogen) atoms. The number of sulfonamides is 1. The van der Waals surface area contributed by atoms with Gasteiger partial charge in [0.05, 0.1) is 35.0 Å². The van der Waals surface area contributed by atoms with Gasteiger partial charge in [0.2, 0.25) is 0 Å². The molecule has 1 aliphatic heterocycles. The molecule has 0 fully saturated rings. The van der Waals surface area contributed by atoms with Crippen molar-refractivity contribution >= 4 is 27.5 Å². The van der Waals surface area contributed by atoms with Gasteiger partial charge in [-0.05, 0) is 51.1 Å². The van der Waals surface area contributed by atoms with Gasteiger partial charge in [0.25, 0.3) is 10.0 Å². The van der Waals surface area contributed by atoms with Crippen LogP contribution in [0.15, 0.2) is 41.3 Å². The molecule has 8 nitrogen and oxygen atoms in total. The van der Waals surface area contributed by atoms with Gasteiger partial charge in [0.15, 0.2) is 0 Å². The van der Waals surface area contributed by atoms with Gasteiger partial charge in [-0.2, -0.15) is 26.3 Å². The van der Waals surface area contributed by atoms with Crippen LogP contribution in [0.3, 0.4) is 0 Å². The van der Waals surface area contributed by atoms with Gasteiger partial charge in [-0.25, -0.2) is 13.2 Å². The smallest absolute Gasteiger partial charge is 0.416 e. The van der Waals surface area contributed by atoms with E-state index in [2.05, 4.69) is 0 Å². The van der Waals surface area contributed by atoms with Crippen LogP contribution in [-0.4, -0.2) is 55.7 Å². The highest BCUT2D eigenvalue weighted by atomic mass is 32.2. The SMILES string of the molecule is Cc1c(N(C(=O)O)C(C)(C)C(F)(F)F)ccc2c1N(S(=O)(=O)c1cccc(C(F)(F)F)c1)C[C@H](CO)O2. The van der Waals surface area contributed by atoms with Crippen molar-refractivity contribution < 1.29 is 54.5 Å². The number of aliphatic hydroxyl groups excluding tert-OH is 1. The number of hydrogen-bond acceptors (Lipinski definition) is 5. The van der Waals surface area contributed by atoms with Crippen LogP contribution in [-0.2, 0) is 16.2 Å². The Morgan fingerprint density at radius 2 is 1.76 bits per heavy atom. The number of aliphatic hydroxyl groups is 1. The molecule has 0 radical (unpaired) electrons. The molecular weight excluding hydrogens is 534 g/mol. The highest BCUT2D eigenvalue weighted by molar-refractivity contribution is 7.92. The van der Waals surface area contributed by atoms with Crippen molar-refractivity contribution in [1.29, 1.82) is 0 Å². The molecule has 0 saturated carbocycles. The van der Waals surface area contributed by atoms with Crippen molar-refractivity contribution in [2.45, 2.75) is 49.7 Å². The highest BCUT2D eigenvalue weighted by Crippen LogP contribution is 2.47. The number of hydrogen-bond donors (Lipinski definition) is 2. The molecule has 0 spiro atoms. The summed E-state index contributed by atoms with van der Waals surface area (Å²) in [6.45, 7) is 1.10. The van der Waals surface area contributed by atoms with E-state index in [1.807, 2.05) is 0 Å². The third-order valence-corrected chi connectivity index (χ3v) is 7.68. The van der Waals surface area contributed by atoms with Gasteiger partial charge in [-0.15, -0.1) is 0 Å². The monoisotopic (exact) mass is 556 g/mol. The molecular formula is C22H22F6N2O6S. The van der Waals surface area contributed by atoms with Crippen molar-refractivity contribution in [3.05, 3.63) is 47.5 Å². The van der Waals surface area contributed by atoms with E-state index in [4.69, 9.17) is 4.74 Å². The number of halogens is 6. The number of nitrogens with zero attached hydrogens (tertiary/aromatic N) is 2. The van der Waals surface area contributed by atoms with Gasteiger partial charge >= 0.3 is 18.4 Å². The number of fused-ring (bicyclic) bond motifs is 1. The normalized spacial score (nSPS) is 16.7. The Balaban J connectivity index is 2.27. The lowest BCUT2D eigenvalue weighted by molar-refractivity contribution is -0.175. The highest BCUT2D eigenvalue weighted by Gasteiger charge is 2.54. The maximum atomic E-state index is 13.8. The van der Waals surface area contributed by atoms with Crippen molar-refractivity contribution in [3.8, 4) is 5.75 Å². The van der Waals surface area contributed by atoms with Gasteiger partial charge < -0.3 is 14.9 Å². The summed E-state index contributed by atoms with van der Waals surface area (Å²) < 4.78 is 114. The van der Waals surface area contributed by atoms with Gasteiger partial charge in [0, 0.05) is 5.56 Å². The number of carbonyl (C=O) groups is 1. The van der Waals surface area contributed by atoms with Crippen LogP contribution < -0.4 is 13.9 Å². The van der Waals surface area contributed by atoms with Crippen LogP contribution in [0.4, 0.5) is 42.5 Å². The van der Waals surface area contributed by atoms with Crippen molar-refractivity contribution in [2.24, 2.45) is 0 Å². The predicted octanol–water partition coefficient (Wildman–Crippen LogP) is 4.79. The molecule has 1 atom stereocenters. The van der Waals surface area contributed by atoms with Crippen molar-refractivity contribution in [2.75, 3.05) is 22.4 Å². The molecule has 0 bridgehead atoms. The number of ether oxygens (including phenoxy) is 1. The number of benzene rings is 2. The molecule has 2 N–H and O–H groups in total. The Bertz CT molecular complexity index is 1310. The Kier molecular flexibility index (Phi) is 7.11. The van der Waals surface area contributed by atoms with E-state index < -0.39 is 69.4 Å². The van der Waals surface area contributed by atoms with Crippen LogP contribution in [0.1, 0.15) is 25.0 Å². The Hall–Kier alpha value is -3.20. The summed E-state index contributed by atoms with van der Waals surface area (Å²) in [5.74, 6) is -0.225. The van der Waals surface area contributed by atoms with E-state index in [9.17, 15) is 49.8 Å². The second-order valence-corrected chi connectivity index (χ2v) is 10.6. The lowest BCUT2D eigenvalue weighted by atomic mass is 9.99. The molecule has 1 aliphatic rings. The summed E-state index contributed by atoms with van der Waals surface area (Å²) >= 11 is 0. The average Bonchev–Trinajstić information content (AvgIpc) is 2.78. The third-order valence-electron chi connectivity index (χ3n) is 5.92. The molecule has 0 aliphatic carbocycles. The lowest BCUT2D eigenvalue weighted by Gasteiger charge is -2.41. The van der Waals surface area contributed by atoms with E-state index in [-0.39, 0.29) is 21.9 Å². The van der Waals surface area contributed by atoms with E-state index in [1.165, 1.54) is 0 Å². The van der Waals surface area contributed by atoms with E-state index >= 15 is 0 Å². The van der Waals surface area contributed by atoms with Crippen molar-refractivity contribution in [3.63, 3.8) is 0 Å². The maximum absolute atomic E-state index is 13.8. The number of amides is 1. The van der Waals surface area contributed by atoms with Gasteiger partial charge in [-0.1, -0.05) is 6.07 Å². The molecule has 1 heterocycles. The summed E-state index contributed by atoms with van der Waals surface area (Å²) in [7, 11) is -4.80. The summed E-state index contributed by atoms with van der Waals surface area (Å²) in [5, 5.41) is 19.3. The van der Waals surface area contributed by atoms with Crippen molar-refractivity contribution in [1.82, 2.24) is 0 Å². The van der Waals surface area contributed by atoms with Crippen LogP contribution in [0.5, 0.6) is 5.75 Å². The first kappa shape index (κ1) is 28.4. The second-order valence-electron chi connectivity index (χ2n) is 8.72. The summed E-state index contributed by atoms with van der Waals surface area (Å²) in [5.41, 5.74) is -5.36. The van der Waals surface area contributed by atoms with Crippen LogP contribution in [0.25, 0.3) is 0 Å².